The van der Waals surface area contributed by atoms with Gasteiger partial charge in [0.05, 0.1) is 6.04 Å². The minimum atomic E-state index is -0.697. The predicted molar refractivity (Wildman–Crippen MR) is 60.6 cm³/mol. The van der Waals surface area contributed by atoms with Crippen LogP contribution in [0.5, 0.6) is 0 Å². The first-order valence-corrected chi connectivity index (χ1v) is 5.65. The number of anilines is 1. The maximum absolute atomic E-state index is 12.9. The van der Waals surface area contributed by atoms with Crippen molar-refractivity contribution < 1.29 is 13.6 Å². The van der Waals surface area contributed by atoms with Crippen molar-refractivity contribution in [1.82, 2.24) is 5.32 Å². The molecule has 1 saturated heterocycles. The summed E-state index contributed by atoms with van der Waals surface area (Å²) >= 11 is 0. The number of amides is 1. The van der Waals surface area contributed by atoms with E-state index >= 15 is 0 Å². The van der Waals surface area contributed by atoms with Crippen molar-refractivity contribution in [3.05, 3.63) is 29.8 Å². The zero-order valence-electron chi connectivity index (χ0n) is 9.30. The standard InChI is InChI=1S/C12H14F2N2O/c13-8-5-9(14)7-10(6-8)16-12(17)11-3-1-2-4-15-11/h5-7,11,15H,1-4H2,(H,16,17)/t11-/m1/s1. The maximum atomic E-state index is 12.9. The number of hydrogen-bond donors (Lipinski definition) is 2. The molecule has 1 aromatic rings. The van der Waals surface area contributed by atoms with Crippen LogP contribution in [-0.2, 0) is 4.79 Å². The van der Waals surface area contributed by atoms with Gasteiger partial charge in [0.1, 0.15) is 11.6 Å². The highest BCUT2D eigenvalue weighted by molar-refractivity contribution is 5.94. The predicted octanol–water partition coefficient (Wildman–Crippen LogP) is 2.05. The van der Waals surface area contributed by atoms with Gasteiger partial charge in [0.2, 0.25) is 5.91 Å². The van der Waals surface area contributed by atoms with Gasteiger partial charge in [-0.3, -0.25) is 4.79 Å². The molecule has 0 spiro atoms. The van der Waals surface area contributed by atoms with Crippen LogP contribution in [0, 0.1) is 11.6 Å². The van der Waals surface area contributed by atoms with E-state index in [0.717, 1.165) is 44.0 Å². The molecule has 0 unspecified atom stereocenters. The van der Waals surface area contributed by atoms with Gasteiger partial charge in [0, 0.05) is 11.8 Å². The second-order valence-corrected chi connectivity index (χ2v) is 4.15. The largest absolute Gasteiger partial charge is 0.325 e. The molecule has 17 heavy (non-hydrogen) atoms. The van der Waals surface area contributed by atoms with Crippen LogP contribution >= 0.6 is 0 Å². The van der Waals surface area contributed by atoms with Crippen LogP contribution in [-0.4, -0.2) is 18.5 Å². The number of halogens is 2. The lowest BCUT2D eigenvalue weighted by molar-refractivity contribution is -0.118. The van der Waals surface area contributed by atoms with Crippen LogP contribution in [0.4, 0.5) is 14.5 Å². The van der Waals surface area contributed by atoms with Crippen LogP contribution in [0.15, 0.2) is 18.2 Å². The van der Waals surface area contributed by atoms with Gasteiger partial charge in [-0.2, -0.15) is 0 Å². The van der Waals surface area contributed by atoms with Crippen molar-refractivity contribution in [2.45, 2.75) is 25.3 Å². The van der Waals surface area contributed by atoms with Crippen molar-refractivity contribution in [1.29, 1.82) is 0 Å². The molecule has 1 aliphatic rings. The highest BCUT2D eigenvalue weighted by Crippen LogP contribution is 2.14. The third-order valence-corrected chi connectivity index (χ3v) is 2.76. The van der Waals surface area contributed by atoms with E-state index in [2.05, 4.69) is 10.6 Å². The molecule has 1 fully saturated rings. The lowest BCUT2D eigenvalue weighted by Gasteiger charge is -2.22. The number of benzene rings is 1. The molecule has 1 amide bonds. The van der Waals surface area contributed by atoms with Gasteiger partial charge < -0.3 is 10.6 Å². The van der Waals surface area contributed by atoms with E-state index in [1.807, 2.05) is 0 Å². The van der Waals surface area contributed by atoms with Gasteiger partial charge in [-0.25, -0.2) is 8.78 Å². The molecule has 1 aliphatic heterocycles. The van der Waals surface area contributed by atoms with Crippen LogP contribution in [0.2, 0.25) is 0 Å². The average molecular weight is 240 g/mol. The summed E-state index contributed by atoms with van der Waals surface area (Å²) < 4.78 is 25.8. The monoisotopic (exact) mass is 240 g/mol. The number of carbonyl (C=O) groups excluding carboxylic acids is 1. The first-order chi connectivity index (χ1) is 8.15. The van der Waals surface area contributed by atoms with Crippen molar-refractivity contribution >= 4 is 11.6 Å². The zero-order valence-corrected chi connectivity index (χ0v) is 9.30. The first kappa shape index (κ1) is 12.0. The number of carbonyl (C=O) groups is 1. The summed E-state index contributed by atoms with van der Waals surface area (Å²) in [7, 11) is 0. The first-order valence-electron chi connectivity index (χ1n) is 5.65. The Hall–Kier alpha value is -1.49. The summed E-state index contributed by atoms with van der Waals surface area (Å²) in [6.45, 7) is 0.801. The molecule has 1 aromatic carbocycles. The minimum Gasteiger partial charge on any atom is -0.325 e. The Morgan fingerprint density at radius 2 is 1.94 bits per heavy atom. The third-order valence-electron chi connectivity index (χ3n) is 2.76. The summed E-state index contributed by atoms with van der Waals surface area (Å²) in [5, 5.41) is 5.58. The fourth-order valence-electron chi connectivity index (χ4n) is 1.93. The smallest absolute Gasteiger partial charge is 0.241 e. The fourth-order valence-corrected chi connectivity index (χ4v) is 1.93. The summed E-state index contributed by atoms with van der Waals surface area (Å²) in [6.07, 6.45) is 2.80. The summed E-state index contributed by atoms with van der Waals surface area (Å²) in [5.41, 5.74) is 0.153. The Morgan fingerprint density at radius 3 is 2.53 bits per heavy atom. The molecule has 0 radical (unpaired) electrons. The van der Waals surface area contributed by atoms with E-state index in [-0.39, 0.29) is 17.6 Å². The maximum Gasteiger partial charge on any atom is 0.241 e. The van der Waals surface area contributed by atoms with E-state index in [1.54, 1.807) is 0 Å². The quantitative estimate of drug-likeness (QED) is 0.830. The number of rotatable bonds is 2. The molecule has 0 saturated carbocycles. The average Bonchev–Trinajstić information content (AvgIpc) is 2.28. The Balaban J connectivity index is 2.01. The second kappa shape index (κ2) is 5.23. The Bertz CT molecular complexity index is 397. The van der Waals surface area contributed by atoms with Crippen LogP contribution in [0.3, 0.4) is 0 Å². The normalized spacial score (nSPS) is 20.0. The molecular formula is C12H14F2N2O. The molecule has 2 N–H and O–H groups in total. The molecule has 1 atom stereocenters. The van der Waals surface area contributed by atoms with Gasteiger partial charge in [-0.1, -0.05) is 6.42 Å². The minimum absolute atomic E-state index is 0.153. The Labute approximate surface area is 98.2 Å². The molecule has 5 heteroatoms. The molecule has 1 heterocycles. The highest BCUT2D eigenvalue weighted by Gasteiger charge is 2.20. The van der Waals surface area contributed by atoms with Gasteiger partial charge in [0.15, 0.2) is 0 Å². The van der Waals surface area contributed by atoms with Crippen molar-refractivity contribution in [2.75, 3.05) is 11.9 Å². The number of nitrogens with one attached hydrogen (secondary N) is 2. The molecule has 0 bridgehead atoms. The van der Waals surface area contributed by atoms with Gasteiger partial charge >= 0.3 is 0 Å². The second-order valence-electron chi connectivity index (χ2n) is 4.15. The van der Waals surface area contributed by atoms with Crippen molar-refractivity contribution in [2.24, 2.45) is 0 Å². The highest BCUT2D eigenvalue weighted by atomic mass is 19.1. The van der Waals surface area contributed by atoms with Crippen molar-refractivity contribution in [3.8, 4) is 0 Å². The molecule has 3 nitrogen and oxygen atoms in total. The van der Waals surface area contributed by atoms with Gasteiger partial charge in [0.25, 0.3) is 0 Å². The lowest BCUT2D eigenvalue weighted by Crippen LogP contribution is -2.43. The molecule has 0 aromatic heterocycles. The summed E-state index contributed by atoms with van der Waals surface area (Å²) in [6, 6.07) is 2.71. The number of piperidine rings is 1. The Kier molecular flexibility index (Phi) is 3.68. The number of hydrogen-bond acceptors (Lipinski definition) is 2. The molecule has 92 valence electrons. The van der Waals surface area contributed by atoms with Gasteiger partial charge in [-0.05, 0) is 31.5 Å². The Morgan fingerprint density at radius 1 is 1.24 bits per heavy atom. The SMILES string of the molecule is O=C(Nc1cc(F)cc(F)c1)[C@H]1CCCCN1. The van der Waals surface area contributed by atoms with E-state index in [4.69, 9.17) is 0 Å². The molecular weight excluding hydrogens is 226 g/mol. The third kappa shape index (κ3) is 3.23. The van der Waals surface area contributed by atoms with E-state index < -0.39 is 11.6 Å². The summed E-state index contributed by atoms with van der Waals surface area (Å²) in [5.74, 6) is -1.64. The van der Waals surface area contributed by atoms with Crippen LogP contribution in [0.25, 0.3) is 0 Å². The topological polar surface area (TPSA) is 41.1 Å². The van der Waals surface area contributed by atoms with Crippen LogP contribution in [0.1, 0.15) is 19.3 Å². The molecule has 0 aliphatic carbocycles. The van der Waals surface area contributed by atoms with E-state index in [9.17, 15) is 13.6 Å². The summed E-state index contributed by atoms with van der Waals surface area (Å²) in [4.78, 5) is 11.8. The van der Waals surface area contributed by atoms with Gasteiger partial charge in [-0.15, -0.1) is 0 Å². The van der Waals surface area contributed by atoms with E-state index in [0.29, 0.717) is 0 Å². The lowest BCUT2D eigenvalue weighted by atomic mass is 10.0. The molecule has 2 rings (SSSR count). The van der Waals surface area contributed by atoms with E-state index in [1.165, 1.54) is 0 Å². The van der Waals surface area contributed by atoms with Crippen molar-refractivity contribution in [3.63, 3.8) is 0 Å². The van der Waals surface area contributed by atoms with Crippen LogP contribution < -0.4 is 10.6 Å². The fraction of sp³-hybridized carbons (Fsp3) is 0.417. The zero-order chi connectivity index (χ0) is 12.3.